The lowest BCUT2D eigenvalue weighted by Crippen LogP contribution is -2.57. The molecule has 4 atom stereocenters. The summed E-state index contributed by atoms with van der Waals surface area (Å²) < 4.78 is 11.2. The number of ether oxygens (including phenoxy) is 2. The number of carbonyl (C=O) groups is 4. The molecular formula is C39H51N3O8. The van der Waals surface area contributed by atoms with Crippen molar-refractivity contribution in [3.8, 4) is 11.5 Å². The zero-order chi connectivity index (χ0) is 37.2. The Morgan fingerprint density at radius 3 is 1.82 bits per heavy atom. The number of nitrogens with one attached hydrogen (secondary N) is 2. The molecule has 0 fully saturated rings. The fraction of sp³-hybridized carbons (Fsp3) is 0.436. The zero-order valence-electron chi connectivity index (χ0n) is 30.2. The SMILES string of the molecule is CCC(C)N(C(=O)C(Cc1ccc(O)cc1)NC(=O)OC(C)(C)C)C(C(=O)NC(Cc1ccccc1)C(=O)OC(C)(C)C)c1ccccc1O. The van der Waals surface area contributed by atoms with Crippen molar-refractivity contribution < 1.29 is 38.9 Å². The summed E-state index contributed by atoms with van der Waals surface area (Å²) in [6.45, 7) is 13.9. The highest BCUT2D eigenvalue weighted by molar-refractivity contribution is 5.94. The van der Waals surface area contributed by atoms with Crippen LogP contribution in [-0.2, 0) is 36.7 Å². The number of amides is 3. The van der Waals surface area contributed by atoms with Crippen LogP contribution in [0.3, 0.4) is 0 Å². The van der Waals surface area contributed by atoms with E-state index in [9.17, 15) is 29.4 Å². The molecule has 3 aromatic rings. The van der Waals surface area contributed by atoms with Crippen molar-refractivity contribution in [3.63, 3.8) is 0 Å². The van der Waals surface area contributed by atoms with Crippen molar-refractivity contribution in [2.75, 3.05) is 0 Å². The third-order valence-corrected chi connectivity index (χ3v) is 7.73. The van der Waals surface area contributed by atoms with Crippen LogP contribution in [0, 0.1) is 0 Å². The summed E-state index contributed by atoms with van der Waals surface area (Å²) in [5, 5.41) is 26.5. The molecule has 0 aliphatic rings. The van der Waals surface area contributed by atoms with E-state index in [-0.39, 0.29) is 29.9 Å². The third-order valence-electron chi connectivity index (χ3n) is 7.73. The van der Waals surface area contributed by atoms with Crippen LogP contribution < -0.4 is 10.6 Å². The van der Waals surface area contributed by atoms with Gasteiger partial charge in [-0.25, -0.2) is 9.59 Å². The first-order chi connectivity index (χ1) is 23.4. The second kappa shape index (κ2) is 17.0. The van der Waals surface area contributed by atoms with Gasteiger partial charge in [0.15, 0.2) is 0 Å². The largest absolute Gasteiger partial charge is 0.508 e. The Bertz CT molecular complexity index is 1600. The Morgan fingerprint density at radius 1 is 0.720 bits per heavy atom. The highest BCUT2D eigenvalue weighted by atomic mass is 16.6. The first kappa shape index (κ1) is 39.4. The fourth-order valence-electron chi connectivity index (χ4n) is 5.30. The van der Waals surface area contributed by atoms with Crippen molar-refractivity contribution in [3.05, 3.63) is 95.6 Å². The van der Waals surface area contributed by atoms with E-state index in [0.29, 0.717) is 12.0 Å². The average Bonchev–Trinajstić information content (AvgIpc) is 3.02. The van der Waals surface area contributed by atoms with Gasteiger partial charge < -0.3 is 35.2 Å². The van der Waals surface area contributed by atoms with Crippen LogP contribution in [0.1, 0.15) is 84.5 Å². The number of esters is 1. The summed E-state index contributed by atoms with van der Waals surface area (Å²) in [5.74, 6) is -2.22. The van der Waals surface area contributed by atoms with Crippen molar-refractivity contribution in [1.29, 1.82) is 0 Å². The lowest BCUT2D eigenvalue weighted by Gasteiger charge is -2.39. The minimum Gasteiger partial charge on any atom is -0.508 e. The van der Waals surface area contributed by atoms with E-state index in [1.807, 2.05) is 37.3 Å². The lowest BCUT2D eigenvalue weighted by atomic mass is 9.96. The second-order valence-electron chi connectivity index (χ2n) is 14.3. The number of phenolic OH excluding ortho intramolecular Hbond substituents is 2. The van der Waals surface area contributed by atoms with Crippen molar-refractivity contribution in [2.24, 2.45) is 0 Å². The van der Waals surface area contributed by atoms with Crippen LogP contribution in [0.5, 0.6) is 11.5 Å². The minimum absolute atomic E-state index is 0.00502. The smallest absolute Gasteiger partial charge is 0.408 e. The molecule has 3 aromatic carbocycles. The molecule has 3 amide bonds. The van der Waals surface area contributed by atoms with Crippen LogP contribution in [0.15, 0.2) is 78.9 Å². The van der Waals surface area contributed by atoms with E-state index < -0.39 is 59.2 Å². The summed E-state index contributed by atoms with van der Waals surface area (Å²) in [4.78, 5) is 57.4. The van der Waals surface area contributed by atoms with Gasteiger partial charge in [-0.15, -0.1) is 0 Å². The first-order valence-corrected chi connectivity index (χ1v) is 16.8. The van der Waals surface area contributed by atoms with Gasteiger partial charge in [-0.1, -0.05) is 67.6 Å². The molecule has 0 spiro atoms. The minimum atomic E-state index is -1.43. The van der Waals surface area contributed by atoms with E-state index in [2.05, 4.69) is 10.6 Å². The summed E-state index contributed by atoms with van der Waals surface area (Å²) in [6, 6.07) is 17.1. The summed E-state index contributed by atoms with van der Waals surface area (Å²) in [6.07, 6.45) is -0.332. The summed E-state index contributed by atoms with van der Waals surface area (Å²) in [5.41, 5.74) is -0.186. The van der Waals surface area contributed by atoms with Gasteiger partial charge in [0.25, 0.3) is 0 Å². The maximum absolute atomic E-state index is 14.8. The van der Waals surface area contributed by atoms with Gasteiger partial charge in [0.2, 0.25) is 11.8 Å². The Kier molecular flexibility index (Phi) is 13.4. The summed E-state index contributed by atoms with van der Waals surface area (Å²) >= 11 is 0. The van der Waals surface area contributed by atoms with Gasteiger partial charge in [0.1, 0.15) is 40.8 Å². The molecule has 0 aliphatic carbocycles. The predicted octanol–water partition coefficient (Wildman–Crippen LogP) is 5.97. The molecule has 270 valence electrons. The van der Waals surface area contributed by atoms with Crippen molar-refractivity contribution in [1.82, 2.24) is 15.5 Å². The number of hydrogen-bond acceptors (Lipinski definition) is 8. The van der Waals surface area contributed by atoms with Gasteiger partial charge in [-0.3, -0.25) is 9.59 Å². The number of para-hydroxylation sites is 1. The molecule has 50 heavy (non-hydrogen) atoms. The van der Waals surface area contributed by atoms with Crippen LogP contribution >= 0.6 is 0 Å². The molecule has 11 nitrogen and oxygen atoms in total. The Hall–Kier alpha value is -5.06. The molecule has 3 rings (SSSR count). The predicted molar refractivity (Wildman–Crippen MR) is 190 cm³/mol. The standard InChI is InChI=1S/C39H51N3O8/c1-9-25(2)42(35(46)30(41-37(48)50-39(6,7)8)23-27-19-21-28(43)22-20-27)33(29-17-13-14-18-32(29)44)34(45)40-31(36(47)49-38(3,4)5)24-26-15-11-10-12-16-26/h10-22,25,30-31,33,43-44H,9,23-24H2,1-8H3,(H,40,45)(H,41,48). The quantitative estimate of drug-likeness (QED) is 0.160. The fourth-order valence-corrected chi connectivity index (χ4v) is 5.30. The Balaban J connectivity index is 2.13. The summed E-state index contributed by atoms with van der Waals surface area (Å²) in [7, 11) is 0. The number of benzene rings is 3. The number of carbonyl (C=O) groups excluding carboxylic acids is 4. The van der Waals surface area contributed by atoms with Gasteiger partial charge in [0, 0.05) is 24.4 Å². The molecule has 0 saturated heterocycles. The van der Waals surface area contributed by atoms with Gasteiger partial charge in [0.05, 0.1) is 0 Å². The normalized spacial score (nSPS) is 14.0. The molecule has 4 unspecified atom stereocenters. The van der Waals surface area contributed by atoms with E-state index >= 15 is 0 Å². The number of alkyl carbamates (subject to hydrolysis) is 1. The van der Waals surface area contributed by atoms with Gasteiger partial charge in [-0.05, 0) is 84.2 Å². The number of aromatic hydroxyl groups is 2. The molecule has 0 radical (unpaired) electrons. The highest BCUT2D eigenvalue weighted by Crippen LogP contribution is 2.32. The Morgan fingerprint density at radius 2 is 1.26 bits per heavy atom. The van der Waals surface area contributed by atoms with Crippen molar-refractivity contribution in [2.45, 2.75) is 110 Å². The van der Waals surface area contributed by atoms with E-state index in [1.54, 1.807) is 72.7 Å². The van der Waals surface area contributed by atoms with Crippen LogP contribution in [0.2, 0.25) is 0 Å². The van der Waals surface area contributed by atoms with Crippen LogP contribution in [0.25, 0.3) is 0 Å². The van der Waals surface area contributed by atoms with Crippen LogP contribution in [-0.4, -0.2) is 68.3 Å². The Labute approximate surface area is 295 Å². The molecule has 4 N–H and O–H groups in total. The van der Waals surface area contributed by atoms with Crippen LogP contribution in [0.4, 0.5) is 4.79 Å². The van der Waals surface area contributed by atoms with Gasteiger partial charge >= 0.3 is 12.1 Å². The van der Waals surface area contributed by atoms with Crippen molar-refractivity contribution >= 4 is 23.9 Å². The molecule has 0 bridgehead atoms. The number of rotatable bonds is 13. The molecule has 11 heteroatoms. The zero-order valence-corrected chi connectivity index (χ0v) is 30.2. The molecular weight excluding hydrogens is 638 g/mol. The van der Waals surface area contributed by atoms with Gasteiger partial charge in [-0.2, -0.15) is 0 Å². The van der Waals surface area contributed by atoms with E-state index in [1.165, 1.54) is 29.2 Å². The first-order valence-electron chi connectivity index (χ1n) is 16.8. The highest BCUT2D eigenvalue weighted by Gasteiger charge is 2.41. The number of hydrogen-bond donors (Lipinski definition) is 4. The maximum atomic E-state index is 14.8. The maximum Gasteiger partial charge on any atom is 0.408 e. The van der Waals surface area contributed by atoms with E-state index in [0.717, 1.165) is 5.56 Å². The molecule has 0 aliphatic heterocycles. The third kappa shape index (κ3) is 11.8. The number of phenols is 2. The molecule has 0 saturated carbocycles. The lowest BCUT2D eigenvalue weighted by molar-refractivity contribution is -0.159. The molecule has 0 aromatic heterocycles. The monoisotopic (exact) mass is 689 g/mol. The van der Waals surface area contributed by atoms with E-state index in [4.69, 9.17) is 9.47 Å². The average molecular weight is 690 g/mol. The molecule has 0 heterocycles. The number of nitrogens with zero attached hydrogens (tertiary/aromatic N) is 1. The topological polar surface area (TPSA) is 154 Å². The second-order valence-corrected chi connectivity index (χ2v) is 14.3.